The minimum absolute atomic E-state index is 0.0796. The molecule has 4 aromatic rings. The van der Waals surface area contributed by atoms with E-state index in [9.17, 15) is 9.90 Å². The molecular formula is C27H27N5O2. The smallest absolute Gasteiger partial charge is 0.220 e. The second kappa shape index (κ2) is 10.2. The van der Waals surface area contributed by atoms with E-state index in [2.05, 4.69) is 20.3 Å². The molecule has 0 fully saturated rings. The van der Waals surface area contributed by atoms with Gasteiger partial charge in [-0.2, -0.15) is 0 Å². The van der Waals surface area contributed by atoms with Crippen LogP contribution in [0, 0.1) is 12.3 Å². The van der Waals surface area contributed by atoms with Crippen molar-refractivity contribution in [1.29, 1.82) is 5.41 Å². The molecule has 0 aliphatic rings. The van der Waals surface area contributed by atoms with E-state index in [1.54, 1.807) is 24.4 Å². The molecule has 0 aliphatic carbocycles. The number of carbonyl (C=O) groups is 1. The summed E-state index contributed by atoms with van der Waals surface area (Å²) in [6.45, 7) is 3.86. The molecule has 0 radical (unpaired) electrons. The van der Waals surface area contributed by atoms with E-state index in [4.69, 9.17) is 5.41 Å². The molecule has 1 amide bonds. The molecular weight excluding hydrogens is 426 g/mol. The number of phenols is 1. The minimum atomic E-state index is -0.243. The molecule has 1 atom stereocenters. The number of fused-ring (bicyclic) bond motifs is 1. The SMILES string of the molecule is Cc1ccc2c(C(=N)C[C@@H](C)NC(=O)CCc3ccccn3)nc(-c3ccccc3O)nc2c1. The highest BCUT2D eigenvalue weighted by Gasteiger charge is 2.18. The van der Waals surface area contributed by atoms with Crippen LogP contribution in [-0.4, -0.2) is 37.7 Å². The monoisotopic (exact) mass is 453 g/mol. The van der Waals surface area contributed by atoms with Crippen LogP contribution in [0.5, 0.6) is 5.75 Å². The lowest BCUT2D eigenvalue weighted by molar-refractivity contribution is -0.121. The molecule has 2 aromatic carbocycles. The van der Waals surface area contributed by atoms with E-state index >= 15 is 0 Å². The first-order chi connectivity index (χ1) is 16.4. The molecule has 34 heavy (non-hydrogen) atoms. The maximum Gasteiger partial charge on any atom is 0.220 e. The van der Waals surface area contributed by atoms with Gasteiger partial charge in [0.15, 0.2) is 5.82 Å². The third kappa shape index (κ3) is 5.43. The predicted molar refractivity (Wildman–Crippen MR) is 133 cm³/mol. The third-order valence-electron chi connectivity index (χ3n) is 5.54. The minimum Gasteiger partial charge on any atom is -0.507 e. The van der Waals surface area contributed by atoms with Gasteiger partial charge in [0, 0.05) is 36.2 Å². The molecule has 0 unspecified atom stereocenters. The van der Waals surface area contributed by atoms with Gasteiger partial charge in [0.25, 0.3) is 0 Å². The van der Waals surface area contributed by atoms with Gasteiger partial charge in [0.2, 0.25) is 5.91 Å². The molecule has 0 saturated heterocycles. The number of rotatable bonds is 8. The van der Waals surface area contributed by atoms with Crippen molar-refractivity contribution in [3.63, 3.8) is 0 Å². The molecule has 3 N–H and O–H groups in total. The summed E-state index contributed by atoms with van der Waals surface area (Å²) < 4.78 is 0. The summed E-state index contributed by atoms with van der Waals surface area (Å²) in [7, 11) is 0. The number of nitrogens with one attached hydrogen (secondary N) is 2. The molecule has 0 spiro atoms. The lowest BCUT2D eigenvalue weighted by Crippen LogP contribution is -2.34. The predicted octanol–water partition coefficient (Wildman–Crippen LogP) is 4.60. The largest absolute Gasteiger partial charge is 0.507 e. The van der Waals surface area contributed by atoms with Gasteiger partial charge in [-0.15, -0.1) is 0 Å². The van der Waals surface area contributed by atoms with Crippen molar-refractivity contribution >= 4 is 22.5 Å². The summed E-state index contributed by atoms with van der Waals surface area (Å²) in [5.41, 5.74) is 3.93. The second-order valence-electron chi connectivity index (χ2n) is 8.41. The lowest BCUT2D eigenvalue weighted by atomic mass is 10.0. The number of hydrogen-bond acceptors (Lipinski definition) is 6. The fraction of sp³-hybridized carbons (Fsp3) is 0.222. The molecule has 0 aliphatic heterocycles. The number of carbonyl (C=O) groups excluding carboxylic acids is 1. The summed E-state index contributed by atoms with van der Waals surface area (Å²) in [6.07, 6.45) is 2.93. The van der Waals surface area contributed by atoms with Gasteiger partial charge in [-0.3, -0.25) is 9.78 Å². The quantitative estimate of drug-likeness (QED) is 0.338. The Bertz CT molecular complexity index is 1340. The van der Waals surface area contributed by atoms with Crippen molar-refractivity contribution in [2.24, 2.45) is 0 Å². The lowest BCUT2D eigenvalue weighted by Gasteiger charge is -2.16. The van der Waals surface area contributed by atoms with E-state index in [-0.39, 0.29) is 17.7 Å². The van der Waals surface area contributed by atoms with Crippen LogP contribution in [0.25, 0.3) is 22.3 Å². The van der Waals surface area contributed by atoms with Gasteiger partial charge in [0.1, 0.15) is 5.75 Å². The van der Waals surface area contributed by atoms with Crippen LogP contribution >= 0.6 is 0 Å². The first-order valence-electron chi connectivity index (χ1n) is 11.2. The normalized spacial score (nSPS) is 11.8. The molecule has 4 rings (SSSR count). The van der Waals surface area contributed by atoms with Crippen LogP contribution in [-0.2, 0) is 11.2 Å². The van der Waals surface area contributed by atoms with Crippen molar-refractivity contribution in [3.8, 4) is 17.1 Å². The number of phenolic OH excluding ortho intramolecular Hbond substituents is 1. The van der Waals surface area contributed by atoms with Crippen molar-refractivity contribution < 1.29 is 9.90 Å². The Labute approximate surface area is 198 Å². The number of pyridine rings is 1. The summed E-state index contributed by atoms with van der Waals surface area (Å²) in [5, 5.41) is 22.8. The Hall–Kier alpha value is -4.13. The topological polar surface area (TPSA) is 112 Å². The van der Waals surface area contributed by atoms with Gasteiger partial charge in [-0.05, 0) is 56.2 Å². The maximum absolute atomic E-state index is 12.4. The van der Waals surface area contributed by atoms with E-state index in [1.807, 2.05) is 56.3 Å². The first-order valence-corrected chi connectivity index (χ1v) is 11.2. The highest BCUT2D eigenvalue weighted by molar-refractivity contribution is 6.07. The van der Waals surface area contributed by atoms with Crippen LogP contribution in [0.15, 0.2) is 66.9 Å². The summed E-state index contributed by atoms with van der Waals surface area (Å²) in [6, 6.07) is 18.1. The number of aryl methyl sites for hydroxylation is 2. The van der Waals surface area contributed by atoms with E-state index in [0.29, 0.717) is 47.6 Å². The Morgan fingerprint density at radius 1 is 1.09 bits per heavy atom. The van der Waals surface area contributed by atoms with Gasteiger partial charge in [0.05, 0.1) is 22.5 Å². The first kappa shape index (κ1) is 23.0. The average Bonchev–Trinajstić information content (AvgIpc) is 2.82. The van der Waals surface area contributed by atoms with Gasteiger partial charge in [-0.1, -0.05) is 30.3 Å². The highest BCUT2D eigenvalue weighted by atomic mass is 16.3. The van der Waals surface area contributed by atoms with Crippen molar-refractivity contribution in [3.05, 3.63) is 83.8 Å². The van der Waals surface area contributed by atoms with E-state index in [1.165, 1.54) is 0 Å². The zero-order valence-electron chi connectivity index (χ0n) is 19.2. The molecule has 7 heteroatoms. The van der Waals surface area contributed by atoms with Gasteiger partial charge in [-0.25, -0.2) is 9.97 Å². The Morgan fingerprint density at radius 2 is 1.88 bits per heavy atom. The number of amides is 1. The number of nitrogens with zero attached hydrogens (tertiary/aromatic N) is 3. The number of aromatic nitrogens is 3. The molecule has 172 valence electrons. The number of hydrogen-bond donors (Lipinski definition) is 3. The standard InChI is InChI=1S/C27H27N5O2/c1-17-10-12-20-23(15-17)31-27(21-8-3-4-9-24(21)33)32-26(20)22(28)16-18(2)30-25(34)13-11-19-7-5-6-14-29-19/h3-10,12,14-15,18,28,33H,11,13,16H2,1-2H3,(H,30,34)/t18-/m1/s1. The van der Waals surface area contributed by atoms with Crippen LogP contribution in [0.1, 0.15) is 36.7 Å². The molecule has 0 saturated carbocycles. The van der Waals surface area contributed by atoms with E-state index in [0.717, 1.165) is 16.6 Å². The maximum atomic E-state index is 12.4. The zero-order valence-corrected chi connectivity index (χ0v) is 19.2. The number of benzene rings is 2. The van der Waals surface area contributed by atoms with Crippen molar-refractivity contribution in [2.45, 2.75) is 39.2 Å². The fourth-order valence-corrected chi connectivity index (χ4v) is 3.84. The molecule has 2 aromatic heterocycles. The van der Waals surface area contributed by atoms with Crippen molar-refractivity contribution in [1.82, 2.24) is 20.3 Å². The van der Waals surface area contributed by atoms with Gasteiger partial charge >= 0.3 is 0 Å². The van der Waals surface area contributed by atoms with Crippen LogP contribution < -0.4 is 5.32 Å². The Balaban J connectivity index is 1.53. The fourth-order valence-electron chi connectivity index (χ4n) is 3.84. The molecule has 0 bridgehead atoms. The van der Waals surface area contributed by atoms with Crippen LogP contribution in [0.3, 0.4) is 0 Å². The number of para-hydroxylation sites is 1. The van der Waals surface area contributed by atoms with Crippen molar-refractivity contribution in [2.75, 3.05) is 0 Å². The van der Waals surface area contributed by atoms with Gasteiger partial charge < -0.3 is 15.8 Å². The Kier molecular flexibility index (Phi) is 6.92. The highest BCUT2D eigenvalue weighted by Crippen LogP contribution is 2.29. The summed E-state index contributed by atoms with van der Waals surface area (Å²) in [5.74, 6) is 0.368. The Morgan fingerprint density at radius 3 is 2.65 bits per heavy atom. The average molecular weight is 454 g/mol. The molecule has 7 nitrogen and oxygen atoms in total. The third-order valence-corrected chi connectivity index (χ3v) is 5.54. The second-order valence-corrected chi connectivity index (χ2v) is 8.41. The van der Waals surface area contributed by atoms with Crippen LogP contribution in [0.4, 0.5) is 0 Å². The number of aromatic hydroxyl groups is 1. The zero-order chi connectivity index (χ0) is 24.1. The van der Waals surface area contributed by atoms with E-state index < -0.39 is 0 Å². The summed E-state index contributed by atoms with van der Waals surface area (Å²) in [4.78, 5) is 26.0. The van der Waals surface area contributed by atoms with Crippen LogP contribution in [0.2, 0.25) is 0 Å². The molecule has 2 heterocycles. The summed E-state index contributed by atoms with van der Waals surface area (Å²) >= 11 is 0.